The SMILES string of the molecule is Cc1nccc2ccnc(N[C@@H](C)c3ccc(C(=O)O)cc3)c12. The van der Waals surface area contributed by atoms with Gasteiger partial charge in [0.05, 0.1) is 5.56 Å². The number of nitrogens with one attached hydrogen (secondary N) is 1. The van der Waals surface area contributed by atoms with E-state index in [1.54, 1.807) is 24.5 Å². The summed E-state index contributed by atoms with van der Waals surface area (Å²) in [5, 5.41) is 14.4. The Hall–Kier alpha value is -2.95. The lowest BCUT2D eigenvalue weighted by Crippen LogP contribution is -2.09. The van der Waals surface area contributed by atoms with Gasteiger partial charge in [-0.1, -0.05) is 12.1 Å². The maximum absolute atomic E-state index is 10.9. The topological polar surface area (TPSA) is 75.1 Å². The van der Waals surface area contributed by atoms with Gasteiger partial charge in [0.2, 0.25) is 0 Å². The molecule has 0 fully saturated rings. The Labute approximate surface area is 134 Å². The van der Waals surface area contributed by atoms with Crippen LogP contribution in [0.25, 0.3) is 10.8 Å². The average molecular weight is 307 g/mol. The molecule has 23 heavy (non-hydrogen) atoms. The highest BCUT2D eigenvalue weighted by Crippen LogP contribution is 2.26. The van der Waals surface area contributed by atoms with E-state index >= 15 is 0 Å². The van der Waals surface area contributed by atoms with Gasteiger partial charge >= 0.3 is 5.97 Å². The van der Waals surface area contributed by atoms with Crippen molar-refractivity contribution in [2.75, 3.05) is 5.32 Å². The first-order valence-electron chi connectivity index (χ1n) is 7.36. The summed E-state index contributed by atoms with van der Waals surface area (Å²) < 4.78 is 0. The van der Waals surface area contributed by atoms with Gasteiger partial charge in [0, 0.05) is 29.5 Å². The maximum Gasteiger partial charge on any atom is 0.335 e. The van der Waals surface area contributed by atoms with Gasteiger partial charge in [-0.15, -0.1) is 0 Å². The van der Waals surface area contributed by atoms with Crippen LogP contribution in [0.1, 0.15) is 34.6 Å². The number of aromatic carboxylic acids is 1. The number of aromatic nitrogens is 2. The van der Waals surface area contributed by atoms with E-state index in [-0.39, 0.29) is 11.6 Å². The zero-order valence-corrected chi connectivity index (χ0v) is 12.9. The van der Waals surface area contributed by atoms with Crippen LogP contribution in [0.4, 0.5) is 5.82 Å². The van der Waals surface area contributed by atoms with E-state index in [0.717, 1.165) is 27.8 Å². The summed E-state index contributed by atoms with van der Waals surface area (Å²) in [6.07, 6.45) is 3.56. The molecule has 5 nitrogen and oxygen atoms in total. The molecular weight excluding hydrogens is 290 g/mol. The number of aryl methyl sites for hydroxylation is 1. The monoisotopic (exact) mass is 307 g/mol. The second-order valence-corrected chi connectivity index (χ2v) is 5.45. The summed E-state index contributed by atoms with van der Waals surface area (Å²) >= 11 is 0. The molecule has 2 N–H and O–H groups in total. The first kappa shape index (κ1) is 15.0. The number of nitrogens with zero attached hydrogens (tertiary/aromatic N) is 2. The van der Waals surface area contributed by atoms with Gasteiger partial charge in [0.1, 0.15) is 5.82 Å². The number of anilines is 1. The van der Waals surface area contributed by atoms with E-state index in [0.29, 0.717) is 0 Å². The molecule has 3 aromatic rings. The third kappa shape index (κ3) is 2.99. The number of hydrogen-bond donors (Lipinski definition) is 2. The van der Waals surface area contributed by atoms with Crippen LogP contribution in [-0.4, -0.2) is 21.0 Å². The Morgan fingerprint density at radius 3 is 2.39 bits per heavy atom. The lowest BCUT2D eigenvalue weighted by molar-refractivity contribution is 0.0697. The van der Waals surface area contributed by atoms with Crippen molar-refractivity contribution in [1.82, 2.24) is 9.97 Å². The summed E-state index contributed by atoms with van der Waals surface area (Å²) in [7, 11) is 0. The molecule has 5 heteroatoms. The molecule has 1 aromatic carbocycles. The van der Waals surface area contributed by atoms with Crippen molar-refractivity contribution in [3.63, 3.8) is 0 Å². The number of carboxylic acid groups (broad SMARTS) is 1. The number of carboxylic acids is 1. The van der Waals surface area contributed by atoms with Gasteiger partial charge in [0.15, 0.2) is 0 Å². The summed E-state index contributed by atoms with van der Waals surface area (Å²) in [5.41, 5.74) is 2.20. The number of pyridine rings is 2. The Kier molecular flexibility index (Phi) is 3.93. The quantitative estimate of drug-likeness (QED) is 0.766. The lowest BCUT2D eigenvalue weighted by atomic mass is 10.1. The minimum absolute atomic E-state index is 0.00412. The van der Waals surface area contributed by atoms with Crippen LogP contribution in [0.3, 0.4) is 0 Å². The number of rotatable bonds is 4. The van der Waals surface area contributed by atoms with E-state index < -0.39 is 5.97 Å². The van der Waals surface area contributed by atoms with E-state index in [2.05, 4.69) is 15.3 Å². The molecule has 2 heterocycles. The van der Waals surface area contributed by atoms with Crippen LogP contribution in [0.5, 0.6) is 0 Å². The van der Waals surface area contributed by atoms with Gasteiger partial charge in [-0.05, 0) is 49.1 Å². The highest BCUT2D eigenvalue weighted by molar-refractivity contribution is 5.93. The molecule has 0 amide bonds. The molecule has 116 valence electrons. The summed E-state index contributed by atoms with van der Waals surface area (Å²) in [5.74, 6) is -0.141. The molecule has 0 spiro atoms. The highest BCUT2D eigenvalue weighted by atomic mass is 16.4. The summed E-state index contributed by atoms with van der Waals surface area (Å²) in [4.78, 5) is 19.7. The molecular formula is C18H17N3O2. The van der Waals surface area contributed by atoms with Crippen LogP contribution in [-0.2, 0) is 0 Å². The van der Waals surface area contributed by atoms with Crippen molar-refractivity contribution in [2.45, 2.75) is 19.9 Å². The zero-order valence-electron chi connectivity index (χ0n) is 12.9. The fraction of sp³-hybridized carbons (Fsp3) is 0.167. The van der Waals surface area contributed by atoms with E-state index in [4.69, 9.17) is 5.11 Å². The van der Waals surface area contributed by atoms with Gasteiger partial charge in [-0.3, -0.25) is 4.98 Å². The van der Waals surface area contributed by atoms with Crippen LogP contribution < -0.4 is 5.32 Å². The predicted molar refractivity (Wildman–Crippen MR) is 89.7 cm³/mol. The smallest absolute Gasteiger partial charge is 0.335 e. The molecule has 3 rings (SSSR count). The fourth-order valence-electron chi connectivity index (χ4n) is 2.60. The molecule has 0 aliphatic rings. The number of hydrogen-bond acceptors (Lipinski definition) is 4. The van der Waals surface area contributed by atoms with Crippen molar-refractivity contribution >= 4 is 22.6 Å². The van der Waals surface area contributed by atoms with Crippen LogP contribution in [0.2, 0.25) is 0 Å². The van der Waals surface area contributed by atoms with Gasteiger partial charge in [-0.25, -0.2) is 9.78 Å². The maximum atomic E-state index is 10.9. The first-order chi connectivity index (χ1) is 11.1. The zero-order chi connectivity index (χ0) is 16.4. The molecule has 2 aromatic heterocycles. The fourth-order valence-corrected chi connectivity index (χ4v) is 2.60. The number of fused-ring (bicyclic) bond motifs is 1. The molecule has 0 saturated carbocycles. The van der Waals surface area contributed by atoms with Crippen molar-refractivity contribution in [3.05, 3.63) is 65.6 Å². The minimum atomic E-state index is -0.922. The van der Waals surface area contributed by atoms with Crippen molar-refractivity contribution in [1.29, 1.82) is 0 Å². The molecule has 0 unspecified atom stereocenters. The normalized spacial score (nSPS) is 12.1. The van der Waals surface area contributed by atoms with Gasteiger partial charge in [0.25, 0.3) is 0 Å². The molecule has 1 atom stereocenters. The number of benzene rings is 1. The largest absolute Gasteiger partial charge is 0.478 e. The Bertz CT molecular complexity index is 855. The van der Waals surface area contributed by atoms with Crippen LogP contribution in [0.15, 0.2) is 48.8 Å². The Morgan fingerprint density at radius 1 is 1.09 bits per heavy atom. The molecule has 0 bridgehead atoms. The summed E-state index contributed by atoms with van der Waals surface area (Å²) in [6.45, 7) is 3.98. The number of carbonyl (C=O) groups is 1. The molecule has 0 aliphatic carbocycles. The Morgan fingerprint density at radius 2 is 1.74 bits per heavy atom. The standard InChI is InChI=1S/C18H17N3O2/c1-11(13-3-5-15(6-4-13)18(22)23)21-17-16-12(2)19-9-7-14(16)8-10-20-17/h3-11H,1-2H3,(H,20,21)(H,22,23)/t11-/m0/s1. The third-order valence-electron chi connectivity index (χ3n) is 3.88. The van der Waals surface area contributed by atoms with Crippen LogP contribution in [0, 0.1) is 6.92 Å². The molecule has 0 aliphatic heterocycles. The van der Waals surface area contributed by atoms with E-state index in [1.807, 2.05) is 38.1 Å². The second kappa shape index (κ2) is 6.04. The van der Waals surface area contributed by atoms with E-state index in [9.17, 15) is 4.79 Å². The molecule has 0 radical (unpaired) electrons. The minimum Gasteiger partial charge on any atom is -0.478 e. The molecule has 0 saturated heterocycles. The van der Waals surface area contributed by atoms with Crippen LogP contribution >= 0.6 is 0 Å². The third-order valence-corrected chi connectivity index (χ3v) is 3.88. The van der Waals surface area contributed by atoms with Gasteiger partial charge < -0.3 is 10.4 Å². The first-order valence-corrected chi connectivity index (χ1v) is 7.36. The Balaban J connectivity index is 1.91. The van der Waals surface area contributed by atoms with Gasteiger partial charge in [-0.2, -0.15) is 0 Å². The van der Waals surface area contributed by atoms with E-state index in [1.165, 1.54) is 0 Å². The predicted octanol–water partition coefficient (Wildman–Crippen LogP) is 3.81. The lowest BCUT2D eigenvalue weighted by Gasteiger charge is -2.17. The van der Waals surface area contributed by atoms with Crippen molar-refractivity contribution < 1.29 is 9.90 Å². The summed E-state index contributed by atoms with van der Waals surface area (Å²) in [6, 6.07) is 10.8. The highest BCUT2D eigenvalue weighted by Gasteiger charge is 2.11. The van der Waals surface area contributed by atoms with Crippen molar-refractivity contribution in [3.8, 4) is 0 Å². The average Bonchev–Trinajstić information content (AvgIpc) is 2.55. The second-order valence-electron chi connectivity index (χ2n) is 5.45. The van der Waals surface area contributed by atoms with Crippen molar-refractivity contribution in [2.24, 2.45) is 0 Å².